The molecule has 0 aromatic carbocycles. The fraction of sp³-hybridized carbons (Fsp3) is 0.400. The zero-order valence-corrected chi connectivity index (χ0v) is 16.1. The molecule has 1 aliphatic rings. The van der Waals surface area contributed by atoms with Gasteiger partial charge in [-0.2, -0.15) is 5.10 Å². The van der Waals surface area contributed by atoms with Gasteiger partial charge in [0.2, 0.25) is 0 Å². The molecule has 3 aromatic heterocycles. The largest absolute Gasteiger partial charge is 0.346 e. The second kappa shape index (κ2) is 7.55. The van der Waals surface area contributed by atoms with Crippen molar-refractivity contribution in [3.05, 3.63) is 64.0 Å². The summed E-state index contributed by atoms with van der Waals surface area (Å²) in [5.41, 5.74) is 2.11. The van der Waals surface area contributed by atoms with Gasteiger partial charge in [-0.1, -0.05) is 19.9 Å². The Hall–Kier alpha value is -3.00. The number of nitrogens with one attached hydrogen (secondary N) is 1. The van der Waals surface area contributed by atoms with E-state index in [1.807, 2.05) is 10.7 Å². The van der Waals surface area contributed by atoms with Crippen LogP contribution in [0.1, 0.15) is 35.6 Å². The minimum atomic E-state index is -0.442. The number of carbonyl (C=O) groups is 1. The molecular formula is C20H24N6O2. The van der Waals surface area contributed by atoms with Crippen LogP contribution in [0.2, 0.25) is 0 Å². The van der Waals surface area contributed by atoms with E-state index in [0.29, 0.717) is 11.6 Å². The van der Waals surface area contributed by atoms with Crippen LogP contribution < -0.4 is 10.9 Å². The summed E-state index contributed by atoms with van der Waals surface area (Å²) in [4.78, 5) is 31.6. The van der Waals surface area contributed by atoms with E-state index >= 15 is 0 Å². The summed E-state index contributed by atoms with van der Waals surface area (Å²) in [6.45, 7) is 8.49. The lowest BCUT2D eigenvalue weighted by molar-refractivity contribution is 0.0948. The van der Waals surface area contributed by atoms with Crippen LogP contribution in [0.5, 0.6) is 0 Å². The molecule has 0 unspecified atom stereocenters. The molecule has 0 spiro atoms. The van der Waals surface area contributed by atoms with Crippen LogP contribution in [-0.2, 0) is 19.6 Å². The van der Waals surface area contributed by atoms with Gasteiger partial charge in [-0.15, -0.1) is 0 Å². The van der Waals surface area contributed by atoms with E-state index in [1.165, 1.54) is 10.6 Å². The maximum Gasteiger partial charge on any atom is 0.270 e. The lowest BCUT2D eigenvalue weighted by Crippen LogP contribution is -2.36. The van der Waals surface area contributed by atoms with Crippen LogP contribution in [0.15, 0.2) is 41.5 Å². The molecule has 146 valence electrons. The molecular weight excluding hydrogens is 356 g/mol. The van der Waals surface area contributed by atoms with Crippen molar-refractivity contribution in [2.45, 2.75) is 33.5 Å². The molecule has 0 fully saturated rings. The predicted octanol–water partition coefficient (Wildman–Crippen LogP) is 1.29. The number of hydrogen-bond acceptors (Lipinski definition) is 5. The molecule has 28 heavy (non-hydrogen) atoms. The summed E-state index contributed by atoms with van der Waals surface area (Å²) in [5, 5.41) is 7.37. The highest BCUT2D eigenvalue weighted by Gasteiger charge is 2.19. The van der Waals surface area contributed by atoms with Crippen LogP contribution in [0.25, 0.3) is 5.65 Å². The average molecular weight is 380 g/mol. The number of rotatable bonds is 5. The Labute approximate surface area is 162 Å². The first-order valence-electron chi connectivity index (χ1n) is 9.54. The lowest BCUT2D eigenvalue weighted by atomic mass is 10.2. The van der Waals surface area contributed by atoms with Crippen LogP contribution in [0.3, 0.4) is 0 Å². The Kier molecular flexibility index (Phi) is 4.95. The highest BCUT2D eigenvalue weighted by molar-refractivity contribution is 5.93. The van der Waals surface area contributed by atoms with Gasteiger partial charge in [0.1, 0.15) is 11.2 Å². The van der Waals surface area contributed by atoms with Crippen molar-refractivity contribution in [3.8, 4) is 0 Å². The number of pyridine rings is 1. The Morgan fingerprint density at radius 2 is 2.14 bits per heavy atom. The third-order valence-corrected chi connectivity index (χ3v) is 4.84. The van der Waals surface area contributed by atoms with Gasteiger partial charge >= 0.3 is 0 Å². The lowest BCUT2D eigenvalue weighted by Gasteiger charge is -2.28. The van der Waals surface area contributed by atoms with Crippen molar-refractivity contribution in [2.75, 3.05) is 13.1 Å². The van der Waals surface area contributed by atoms with E-state index < -0.39 is 5.91 Å². The number of carbonyl (C=O) groups excluding carboxylic acids is 1. The smallest absolute Gasteiger partial charge is 0.270 e. The van der Waals surface area contributed by atoms with Crippen molar-refractivity contribution in [3.63, 3.8) is 0 Å². The van der Waals surface area contributed by atoms with E-state index in [0.717, 1.165) is 37.6 Å². The molecule has 8 heteroatoms. The van der Waals surface area contributed by atoms with Crippen LogP contribution in [0.4, 0.5) is 0 Å². The fourth-order valence-electron chi connectivity index (χ4n) is 3.59. The molecule has 3 aromatic rings. The van der Waals surface area contributed by atoms with E-state index in [2.05, 4.69) is 34.1 Å². The topological polar surface area (TPSA) is 84.5 Å². The van der Waals surface area contributed by atoms with Crippen LogP contribution in [0, 0.1) is 5.92 Å². The minimum absolute atomic E-state index is 0.0239. The number of amides is 1. The average Bonchev–Trinajstić information content (AvgIpc) is 3.08. The minimum Gasteiger partial charge on any atom is -0.346 e. The number of aromatic nitrogens is 4. The van der Waals surface area contributed by atoms with Gasteiger partial charge in [0.25, 0.3) is 11.5 Å². The van der Waals surface area contributed by atoms with Crippen LogP contribution >= 0.6 is 0 Å². The van der Waals surface area contributed by atoms with E-state index in [9.17, 15) is 9.59 Å². The fourth-order valence-corrected chi connectivity index (χ4v) is 3.59. The van der Waals surface area contributed by atoms with Gasteiger partial charge in [0.05, 0.1) is 24.5 Å². The van der Waals surface area contributed by atoms with Crippen molar-refractivity contribution in [2.24, 2.45) is 5.92 Å². The Balaban J connectivity index is 1.44. The van der Waals surface area contributed by atoms with Crippen molar-refractivity contribution in [1.82, 2.24) is 29.4 Å². The van der Waals surface area contributed by atoms with Crippen molar-refractivity contribution >= 4 is 11.6 Å². The highest BCUT2D eigenvalue weighted by Crippen LogP contribution is 2.15. The standard InChI is InChI=1S/C20H24N6O2/c1-14(2)12-24-7-8-26-16(13-24)9-15(23-26)10-22-19(27)17-11-21-18-5-3-4-6-25(18)20(17)28/h3-6,9,11,14H,7-8,10,12-13H2,1-2H3,(H,22,27). The quantitative estimate of drug-likeness (QED) is 0.721. The van der Waals surface area contributed by atoms with Gasteiger partial charge in [0.15, 0.2) is 0 Å². The van der Waals surface area contributed by atoms with Crippen molar-refractivity contribution in [1.29, 1.82) is 0 Å². The molecule has 0 aliphatic carbocycles. The normalized spacial score (nSPS) is 14.4. The number of nitrogens with zero attached hydrogens (tertiary/aromatic N) is 5. The zero-order chi connectivity index (χ0) is 19.7. The number of hydrogen-bond donors (Lipinski definition) is 1. The third kappa shape index (κ3) is 3.68. The predicted molar refractivity (Wildman–Crippen MR) is 105 cm³/mol. The summed E-state index contributed by atoms with van der Waals surface area (Å²) in [7, 11) is 0. The van der Waals surface area contributed by atoms with Crippen molar-refractivity contribution < 1.29 is 4.79 Å². The SMILES string of the molecule is CC(C)CN1CCn2nc(CNC(=O)c3cnc4ccccn4c3=O)cc2C1. The number of fused-ring (bicyclic) bond motifs is 2. The Morgan fingerprint density at radius 1 is 1.29 bits per heavy atom. The molecule has 0 saturated carbocycles. The molecule has 1 aliphatic heterocycles. The molecule has 1 N–H and O–H groups in total. The first kappa shape index (κ1) is 18.4. The molecule has 0 saturated heterocycles. The Morgan fingerprint density at radius 3 is 2.96 bits per heavy atom. The first-order valence-corrected chi connectivity index (χ1v) is 9.54. The zero-order valence-electron chi connectivity index (χ0n) is 16.1. The molecule has 1 amide bonds. The maximum atomic E-state index is 12.5. The third-order valence-electron chi connectivity index (χ3n) is 4.84. The van der Waals surface area contributed by atoms with E-state index in [4.69, 9.17) is 0 Å². The molecule has 8 nitrogen and oxygen atoms in total. The molecule has 0 atom stereocenters. The highest BCUT2D eigenvalue weighted by atomic mass is 16.2. The maximum absolute atomic E-state index is 12.5. The molecule has 4 rings (SSSR count). The van der Waals surface area contributed by atoms with Gasteiger partial charge in [-0.3, -0.25) is 23.6 Å². The van der Waals surface area contributed by atoms with E-state index in [1.54, 1.807) is 24.4 Å². The molecule has 0 radical (unpaired) electrons. The Bertz CT molecular complexity index is 1070. The summed E-state index contributed by atoms with van der Waals surface area (Å²) in [6, 6.07) is 7.28. The van der Waals surface area contributed by atoms with E-state index in [-0.39, 0.29) is 17.7 Å². The summed E-state index contributed by atoms with van der Waals surface area (Å²) < 4.78 is 3.37. The van der Waals surface area contributed by atoms with Crippen LogP contribution in [-0.4, -0.2) is 43.1 Å². The first-order chi connectivity index (χ1) is 13.5. The summed E-state index contributed by atoms with van der Waals surface area (Å²) in [5.74, 6) is 0.186. The van der Waals surface area contributed by atoms with Gasteiger partial charge in [-0.25, -0.2) is 4.98 Å². The second-order valence-electron chi connectivity index (χ2n) is 7.57. The molecule has 0 bridgehead atoms. The monoisotopic (exact) mass is 380 g/mol. The second-order valence-corrected chi connectivity index (χ2v) is 7.57. The van der Waals surface area contributed by atoms with Gasteiger partial charge in [0, 0.05) is 32.0 Å². The van der Waals surface area contributed by atoms with Gasteiger partial charge in [-0.05, 0) is 24.1 Å². The molecule has 4 heterocycles. The summed E-state index contributed by atoms with van der Waals surface area (Å²) >= 11 is 0. The van der Waals surface area contributed by atoms with Gasteiger partial charge < -0.3 is 5.32 Å². The summed E-state index contributed by atoms with van der Waals surface area (Å²) in [6.07, 6.45) is 2.93.